The van der Waals surface area contributed by atoms with Crippen LogP contribution in [0.15, 0.2) is 6.20 Å². The SMILES string of the molecule is Cc1c(C(F)F)cnc(CN)c1[N+](=O)[O-]. The molecule has 2 N–H and O–H groups in total. The highest BCUT2D eigenvalue weighted by Crippen LogP contribution is 2.30. The first kappa shape index (κ1) is 11.4. The van der Waals surface area contributed by atoms with Crippen LogP contribution in [0.5, 0.6) is 0 Å². The molecular weight excluding hydrogens is 208 g/mol. The topological polar surface area (TPSA) is 82.0 Å². The zero-order valence-corrected chi connectivity index (χ0v) is 7.91. The highest BCUT2D eigenvalue weighted by molar-refractivity contribution is 5.47. The van der Waals surface area contributed by atoms with Crippen LogP contribution in [-0.2, 0) is 6.54 Å². The van der Waals surface area contributed by atoms with E-state index in [2.05, 4.69) is 4.98 Å². The number of aromatic nitrogens is 1. The van der Waals surface area contributed by atoms with Crippen LogP contribution in [0.4, 0.5) is 14.5 Å². The molecule has 0 amide bonds. The average molecular weight is 217 g/mol. The monoisotopic (exact) mass is 217 g/mol. The Bertz CT molecular complexity index is 396. The van der Waals surface area contributed by atoms with Crippen LogP contribution < -0.4 is 5.73 Å². The third-order valence-corrected chi connectivity index (χ3v) is 2.03. The molecular formula is C8H9F2N3O2. The number of pyridine rings is 1. The molecule has 82 valence electrons. The fourth-order valence-electron chi connectivity index (χ4n) is 1.27. The van der Waals surface area contributed by atoms with Gasteiger partial charge >= 0.3 is 0 Å². The number of nitrogens with two attached hydrogens (primary N) is 1. The minimum atomic E-state index is -2.77. The molecule has 0 aliphatic heterocycles. The van der Waals surface area contributed by atoms with Crippen molar-refractivity contribution in [3.8, 4) is 0 Å². The van der Waals surface area contributed by atoms with Gasteiger partial charge < -0.3 is 5.73 Å². The summed E-state index contributed by atoms with van der Waals surface area (Å²) in [6.45, 7) is 1.11. The van der Waals surface area contributed by atoms with Crippen molar-refractivity contribution in [1.82, 2.24) is 4.98 Å². The summed E-state index contributed by atoms with van der Waals surface area (Å²) in [6, 6.07) is 0. The van der Waals surface area contributed by atoms with E-state index in [-0.39, 0.29) is 17.8 Å². The molecule has 1 rings (SSSR count). The number of rotatable bonds is 3. The first-order chi connectivity index (χ1) is 6.99. The van der Waals surface area contributed by atoms with Crippen molar-refractivity contribution < 1.29 is 13.7 Å². The lowest BCUT2D eigenvalue weighted by atomic mass is 10.1. The van der Waals surface area contributed by atoms with Gasteiger partial charge in [-0.05, 0) is 6.92 Å². The highest BCUT2D eigenvalue weighted by atomic mass is 19.3. The van der Waals surface area contributed by atoms with E-state index in [0.29, 0.717) is 0 Å². The van der Waals surface area contributed by atoms with Gasteiger partial charge in [-0.15, -0.1) is 0 Å². The van der Waals surface area contributed by atoms with E-state index in [9.17, 15) is 18.9 Å². The lowest BCUT2D eigenvalue weighted by Gasteiger charge is -2.07. The van der Waals surface area contributed by atoms with Crippen LogP contribution in [0.1, 0.15) is 23.2 Å². The van der Waals surface area contributed by atoms with E-state index in [4.69, 9.17) is 5.73 Å². The Balaban J connectivity index is 3.42. The summed E-state index contributed by atoms with van der Waals surface area (Å²) in [5, 5.41) is 10.6. The lowest BCUT2D eigenvalue weighted by Crippen LogP contribution is -2.08. The molecule has 1 aromatic heterocycles. The van der Waals surface area contributed by atoms with Crippen LogP contribution >= 0.6 is 0 Å². The van der Waals surface area contributed by atoms with Gasteiger partial charge in [0.25, 0.3) is 12.1 Å². The smallest absolute Gasteiger partial charge is 0.295 e. The van der Waals surface area contributed by atoms with Crippen molar-refractivity contribution in [3.05, 3.63) is 33.1 Å². The normalized spacial score (nSPS) is 10.7. The van der Waals surface area contributed by atoms with Crippen LogP contribution in [0.25, 0.3) is 0 Å². The second-order valence-electron chi connectivity index (χ2n) is 2.90. The van der Waals surface area contributed by atoms with Crippen molar-refractivity contribution in [1.29, 1.82) is 0 Å². The Labute approximate surface area is 84.1 Å². The third-order valence-electron chi connectivity index (χ3n) is 2.03. The Morgan fingerprint density at radius 2 is 2.27 bits per heavy atom. The van der Waals surface area contributed by atoms with Gasteiger partial charge in [-0.2, -0.15) is 0 Å². The fraction of sp³-hybridized carbons (Fsp3) is 0.375. The van der Waals surface area contributed by atoms with E-state index >= 15 is 0 Å². The number of hydrogen-bond donors (Lipinski definition) is 1. The summed E-state index contributed by atoms with van der Waals surface area (Å²) >= 11 is 0. The molecule has 0 bridgehead atoms. The minimum absolute atomic E-state index is 0.0156. The maximum absolute atomic E-state index is 12.4. The lowest BCUT2D eigenvalue weighted by molar-refractivity contribution is -0.386. The molecule has 1 heterocycles. The Morgan fingerprint density at radius 1 is 1.67 bits per heavy atom. The molecule has 0 saturated heterocycles. The van der Waals surface area contributed by atoms with E-state index in [1.165, 1.54) is 6.92 Å². The van der Waals surface area contributed by atoms with Crippen LogP contribution in [0.2, 0.25) is 0 Å². The van der Waals surface area contributed by atoms with Gasteiger partial charge in [-0.3, -0.25) is 15.1 Å². The van der Waals surface area contributed by atoms with Crippen molar-refractivity contribution in [3.63, 3.8) is 0 Å². The standard InChI is InChI=1S/C8H9F2N3O2/c1-4-5(8(9)10)3-12-6(2-11)7(4)13(14)15/h3,8H,2,11H2,1H3. The number of nitro groups is 1. The minimum Gasteiger partial charge on any atom is -0.325 e. The molecule has 0 aromatic carbocycles. The highest BCUT2D eigenvalue weighted by Gasteiger charge is 2.24. The second kappa shape index (κ2) is 4.26. The number of nitrogens with zero attached hydrogens (tertiary/aromatic N) is 2. The van der Waals surface area contributed by atoms with Gasteiger partial charge in [0.05, 0.1) is 4.92 Å². The first-order valence-corrected chi connectivity index (χ1v) is 4.10. The van der Waals surface area contributed by atoms with Crippen LogP contribution in [0, 0.1) is 17.0 Å². The summed E-state index contributed by atoms with van der Waals surface area (Å²) in [6.07, 6.45) is -1.85. The Morgan fingerprint density at radius 3 is 2.67 bits per heavy atom. The van der Waals surface area contributed by atoms with Gasteiger partial charge in [-0.25, -0.2) is 8.78 Å². The number of halogens is 2. The van der Waals surface area contributed by atoms with Crippen LogP contribution in [0.3, 0.4) is 0 Å². The zero-order valence-electron chi connectivity index (χ0n) is 7.91. The van der Waals surface area contributed by atoms with Crippen molar-refractivity contribution in [2.45, 2.75) is 19.9 Å². The molecule has 0 aliphatic carbocycles. The van der Waals surface area contributed by atoms with Gasteiger partial charge in [0.2, 0.25) is 0 Å². The fourth-order valence-corrected chi connectivity index (χ4v) is 1.27. The van der Waals surface area contributed by atoms with Gasteiger partial charge in [0, 0.05) is 23.9 Å². The summed E-state index contributed by atoms with van der Waals surface area (Å²) in [5.74, 6) is 0. The maximum Gasteiger partial charge on any atom is 0.295 e. The van der Waals surface area contributed by atoms with Gasteiger partial charge in [0.15, 0.2) is 0 Å². The Kier molecular flexibility index (Phi) is 3.25. The molecule has 0 unspecified atom stereocenters. The summed E-state index contributed by atoms with van der Waals surface area (Å²) in [7, 11) is 0. The first-order valence-electron chi connectivity index (χ1n) is 4.10. The van der Waals surface area contributed by atoms with E-state index < -0.39 is 22.6 Å². The molecule has 0 fully saturated rings. The molecule has 0 saturated carbocycles. The van der Waals surface area contributed by atoms with Gasteiger partial charge in [0.1, 0.15) is 5.69 Å². The summed E-state index contributed by atoms with van der Waals surface area (Å²) in [5.41, 5.74) is 4.31. The van der Waals surface area contributed by atoms with Crippen LogP contribution in [-0.4, -0.2) is 9.91 Å². The molecule has 15 heavy (non-hydrogen) atoms. The second-order valence-corrected chi connectivity index (χ2v) is 2.90. The summed E-state index contributed by atoms with van der Waals surface area (Å²) in [4.78, 5) is 13.5. The van der Waals surface area contributed by atoms with Crippen molar-refractivity contribution in [2.24, 2.45) is 5.73 Å². The van der Waals surface area contributed by atoms with Gasteiger partial charge in [-0.1, -0.05) is 0 Å². The van der Waals surface area contributed by atoms with E-state index in [0.717, 1.165) is 6.20 Å². The van der Waals surface area contributed by atoms with E-state index in [1.807, 2.05) is 0 Å². The number of alkyl halides is 2. The predicted octanol–water partition coefficient (Wildman–Crippen LogP) is 1.69. The van der Waals surface area contributed by atoms with E-state index in [1.54, 1.807) is 0 Å². The predicted molar refractivity (Wildman–Crippen MR) is 48.5 cm³/mol. The van der Waals surface area contributed by atoms with Crippen molar-refractivity contribution in [2.75, 3.05) is 0 Å². The molecule has 1 aromatic rings. The molecule has 0 aliphatic rings. The molecule has 0 spiro atoms. The van der Waals surface area contributed by atoms with Crippen molar-refractivity contribution >= 4 is 5.69 Å². The molecule has 0 radical (unpaired) electrons. The third kappa shape index (κ3) is 2.07. The molecule has 0 atom stereocenters. The zero-order chi connectivity index (χ0) is 11.6. The maximum atomic E-state index is 12.4. The Hall–Kier alpha value is -1.63. The quantitative estimate of drug-likeness (QED) is 0.617. The average Bonchev–Trinajstić information content (AvgIpc) is 2.15. The molecule has 5 nitrogen and oxygen atoms in total. The number of hydrogen-bond acceptors (Lipinski definition) is 4. The summed E-state index contributed by atoms with van der Waals surface area (Å²) < 4.78 is 24.8. The largest absolute Gasteiger partial charge is 0.325 e. The molecule has 7 heteroatoms.